The minimum atomic E-state index is 0.504. The number of unbranched alkanes of at least 4 members (excludes halogenated alkanes) is 8. The van der Waals surface area contributed by atoms with E-state index < -0.39 is 0 Å². The van der Waals surface area contributed by atoms with Gasteiger partial charge in [-0.05, 0) is 156 Å². The van der Waals surface area contributed by atoms with Crippen molar-refractivity contribution in [3.05, 3.63) is 0 Å². The lowest BCUT2D eigenvalue weighted by Crippen LogP contribution is -2.37. The summed E-state index contributed by atoms with van der Waals surface area (Å²) in [5, 5.41) is 0. The second-order valence-corrected chi connectivity index (χ2v) is 20.4. The molecule has 0 aliphatic carbocycles. The fourth-order valence-corrected chi connectivity index (χ4v) is 10.3. The minimum Gasteiger partial charge on any atom is -0.381 e. The van der Waals surface area contributed by atoms with Crippen LogP contribution in [0.15, 0.2) is 0 Å². The molecule has 0 radical (unpaired) electrons. The van der Waals surface area contributed by atoms with Crippen LogP contribution in [0.5, 0.6) is 0 Å². The largest absolute Gasteiger partial charge is 0.381 e. The molecular formula is C59H120O8. The van der Waals surface area contributed by atoms with Crippen LogP contribution in [0.3, 0.4) is 0 Å². The van der Waals surface area contributed by atoms with Gasteiger partial charge in [0, 0.05) is 106 Å². The molecule has 0 spiro atoms. The number of rotatable bonds is 56. The van der Waals surface area contributed by atoms with Gasteiger partial charge < -0.3 is 37.9 Å². The molecule has 8 nitrogen and oxygen atoms in total. The maximum absolute atomic E-state index is 6.40. The van der Waals surface area contributed by atoms with Crippen molar-refractivity contribution >= 4 is 0 Å². The van der Waals surface area contributed by atoms with E-state index in [0.717, 1.165) is 208 Å². The molecule has 0 amide bonds. The predicted octanol–water partition coefficient (Wildman–Crippen LogP) is 16.0. The highest BCUT2D eigenvalue weighted by molar-refractivity contribution is 4.88. The Hall–Kier alpha value is -0.320. The molecule has 2 unspecified atom stereocenters. The zero-order valence-corrected chi connectivity index (χ0v) is 46.9. The molecule has 0 rings (SSSR count). The average Bonchev–Trinajstić information content (AvgIpc) is 3.32. The number of ether oxygens (including phenoxy) is 8. The van der Waals surface area contributed by atoms with Crippen LogP contribution in [0.4, 0.5) is 0 Å². The monoisotopic (exact) mass is 957 g/mol. The van der Waals surface area contributed by atoms with Crippen LogP contribution >= 0.6 is 0 Å². The summed E-state index contributed by atoms with van der Waals surface area (Å²) >= 11 is 0. The Morgan fingerprint density at radius 3 is 0.507 bits per heavy atom. The predicted molar refractivity (Wildman–Crippen MR) is 287 cm³/mol. The van der Waals surface area contributed by atoms with Crippen LogP contribution < -0.4 is 0 Å². The van der Waals surface area contributed by atoms with Gasteiger partial charge in [0.2, 0.25) is 0 Å². The van der Waals surface area contributed by atoms with E-state index in [2.05, 4.69) is 69.2 Å². The van der Waals surface area contributed by atoms with Crippen LogP contribution in [0.2, 0.25) is 0 Å². The SMILES string of the molecule is CCCCOCCC(CCOCCCC)C(C(C)CC(C)C(C(CCOCCCC)CCOCCCC)C(CCOCCCC)CCOCCCC)C(CCOCCCC)CCOCCCC. The molecule has 0 saturated carbocycles. The third-order valence-electron chi connectivity index (χ3n) is 14.4. The van der Waals surface area contributed by atoms with Crippen molar-refractivity contribution in [3.8, 4) is 0 Å². The van der Waals surface area contributed by atoms with Gasteiger partial charge in [-0.2, -0.15) is 0 Å². The average molecular weight is 958 g/mol. The van der Waals surface area contributed by atoms with Crippen molar-refractivity contribution in [2.75, 3.05) is 106 Å². The van der Waals surface area contributed by atoms with Gasteiger partial charge in [-0.25, -0.2) is 0 Å². The molecule has 8 heteroatoms. The molecule has 67 heavy (non-hydrogen) atoms. The molecule has 0 fully saturated rings. The summed E-state index contributed by atoms with van der Waals surface area (Å²) in [6.07, 6.45) is 28.2. The van der Waals surface area contributed by atoms with Crippen LogP contribution in [0.25, 0.3) is 0 Å². The Morgan fingerprint density at radius 2 is 0.373 bits per heavy atom. The van der Waals surface area contributed by atoms with Gasteiger partial charge in [0.1, 0.15) is 0 Å². The lowest BCUT2D eigenvalue weighted by molar-refractivity contribution is 0.00190. The molecular weight excluding hydrogens is 837 g/mol. The van der Waals surface area contributed by atoms with Gasteiger partial charge in [0.05, 0.1) is 0 Å². The standard InChI is InChI=1S/C59H120O8/c1-11-19-35-60-43-27-54(28-44-61-36-20-12-2)58(55(29-45-62-37-21-13-3)30-46-63-38-22-14-4)52(9)51-53(10)59(56(31-47-64-39-23-15-5)32-48-65-40-24-16-6)57(33-49-66-41-25-17-7)34-50-67-42-26-18-8/h52-59H,11-51H2,1-10H3. The lowest BCUT2D eigenvalue weighted by Gasteiger charge is -2.43. The molecule has 0 aliphatic heterocycles. The highest BCUT2D eigenvalue weighted by Crippen LogP contribution is 2.45. The first-order chi connectivity index (χ1) is 32.9. The molecule has 0 bridgehead atoms. The zero-order chi connectivity index (χ0) is 49.3. The third-order valence-corrected chi connectivity index (χ3v) is 14.4. The van der Waals surface area contributed by atoms with E-state index in [1.807, 2.05) is 0 Å². The summed E-state index contributed by atoms with van der Waals surface area (Å²) in [6.45, 7) is 36.7. The first-order valence-electron chi connectivity index (χ1n) is 29.5. The highest BCUT2D eigenvalue weighted by atomic mass is 16.5. The van der Waals surface area contributed by atoms with E-state index in [4.69, 9.17) is 37.9 Å². The van der Waals surface area contributed by atoms with Gasteiger partial charge in [-0.3, -0.25) is 0 Å². The molecule has 0 aromatic rings. The Labute approximate surface area is 419 Å². The summed E-state index contributed by atoms with van der Waals surface area (Å²) in [7, 11) is 0. The van der Waals surface area contributed by atoms with Crippen molar-refractivity contribution in [1.82, 2.24) is 0 Å². The molecule has 0 aliphatic rings. The minimum absolute atomic E-state index is 0.504. The van der Waals surface area contributed by atoms with Gasteiger partial charge in [0.25, 0.3) is 0 Å². The van der Waals surface area contributed by atoms with Gasteiger partial charge in [-0.1, -0.05) is 121 Å². The fourth-order valence-electron chi connectivity index (χ4n) is 10.3. The molecule has 0 saturated heterocycles. The molecule has 0 N–H and O–H groups in total. The molecule has 0 aromatic heterocycles. The molecule has 2 atom stereocenters. The van der Waals surface area contributed by atoms with E-state index in [9.17, 15) is 0 Å². The van der Waals surface area contributed by atoms with E-state index in [1.165, 1.54) is 57.8 Å². The fraction of sp³-hybridized carbons (Fsp3) is 1.00. The van der Waals surface area contributed by atoms with E-state index in [1.54, 1.807) is 0 Å². The second kappa shape index (κ2) is 52.0. The third kappa shape index (κ3) is 38.0. The zero-order valence-electron chi connectivity index (χ0n) is 46.9. The maximum Gasteiger partial charge on any atom is 0.0468 e. The van der Waals surface area contributed by atoms with Crippen molar-refractivity contribution < 1.29 is 37.9 Å². The van der Waals surface area contributed by atoms with E-state index in [0.29, 0.717) is 47.3 Å². The Kier molecular flexibility index (Phi) is 51.8. The lowest BCUT2D eigenvalue weighted by atomic mass is 9.63. The first kappa shape index (κ1) is 66.7. The van der Waals surface area contributed by atoms with Crippen molar-refractivity contribution in [2.24, 2.45) is 47.3 Å². The maximum atomic E-state index is 6.40. The smallest absolute Gasteiger partial charge is 0.0468 e. The van der Waals surface area contributed by atoms with Crippen molar-refractivity contribution in [3.63, 3.8) is 0 Å². The summed E-state index contributed by atoms with van der Waals surface area (Å²) in [4.78, 5) is 0. The van der Waals surface area contributed by atoms with Gasteiger partial charge >= 0.3 is 0 Å². The number of hydrogen-bond donors (Lipinski definition) is 0. The second-order valence-electron chi connectivity index (χ2n) is 20.4. The Balaban J connectivity index is 7.37. The summed E-state index contributed by atoms with van der Waals surface area (Å²) < 4.78 is 51.2. The highest BCUT2D eigenvalue weighted by Gasteiger charge is 2.38. The van der Waals surface area contributed by atoms with Crippen molar-refractivity contribution in [1.29, 1.82) is 0 Å². The Bertz CT molecular complexity index is 747. The van der Waals surface area contributed by atoms with Gasteiger partial charge in [-0.15, -0.1) is 0 Å². The van der Waals surface area contributed by atoms with E-state index >= 15 is 0 Å². The van der Waals surface area contributed by atoms with Crippen LogP contribution in [0.1, 0.15) is 230 Å². The normalized spacial score (nSPS) is 13.3. The van der Waals surface area contributed by atoms with Crippen molar-refractivity contribution in [2.45, 2.75) is 230 Å². The first-order valence-corrected chi connectivity index (χ1v) is 29.5. The van der Waals surface area contributed by atoms with Crippen LogP contribution in [-0.2, 0) is 37.9 Å². The topological polar surface area (TPSA) is 73.8 Å². The number of hydrogen-bond acceptors (Lipinski definition) is 8. The Morgan fingerprint density at radius 1 is 0.224 bits per heavy atom. The summed E-state index contributed by atoms with van der Waals surface area (Å²) in [5.41, 5.74) is 0. The molecule has 0 heterocycles. The van der Waals surface area contributed by atoms with Gasteiger partial charge in [0.15, 0.2) is 0 Å². The summed E-state index contributed by atoms with van der Waals surface area (Å²) in [5.74, 6) is 4.06. The van der Waals surface area contributed by atoms with Crippen LogP contribution in [-0.4, -0.2) is 106 Å². The van der Waals surface area contributed by atoms with E-state index in [-0.39, 0.29) is 0 Å². The summed E-state index contributed by atoms with van der Waals surface area (Å²) in [6, 6.07) is 0. The quantitative estimate of drug-likeness (QED) is 0.0558. The molecule has 404 valence electrons. The van der Waals surface area contributed by atoms with Crippen LogP contribution in [0, 0.1) is 47.3 Å². The molecule has 0 aromatic carbocycles.